The second-order valence-corrected chi connectivity index (χ2v) is 5.12. The number of rotatable bonds is 6. The summed E-state index contributed by atoms with van der Waals surface area (Å²) < 4.78 is 18.8. The molecule has 0 saturated heterocycles. The summed E-state index contributed by atoms with van der Waals surface area (Å²) in [6.07, 6.45) is 2.35. The molecule has 0 aliphatic rings. The Morgan fingerprint density at radius 2 is 2.20 bits per heavy atom. The Labute approximate surface area is 119 Å². The van der Waals surface area contributed by atoms with Crippen molar-refractivity contribution in [2.75, 3.05) is 0 Å². The predicted octanol–water partition coefficient (Wildman–Crippen LogP) is 3.70. The van der Waals surface area contributed by atoms with Crippen molar-refractivity contribution in [2.24, 2.45) is 0 Å². The molecule has 3 nitrogen and oxygen atoms in total. The molecule has 0 bridgehead atoms. The van der Waals surface area contributed by atoms with Crippen LogP contribution in [0.2, 0.25) is 0 Å². The fraction of sp³-hybridized carbons (Fsp3) is 0.133. The third kappa shape index (κ3) is 4.29. The van der Waals surface area contributed by atoms with Gasteiger partial charge in [0.05, 0.1) is 13.2 Å². The van der Waals surface area contributed by atoms with Gasteiger partial charge in [-0.15, -0.1) is 11.3 Å². The van der Waals surface area contributed by atoms with Crippen LogP contribution >= 0.6 is 11.3 Å². The Hall–Kier alpha value is -1.98. The average molecular weight is 292 g/mol. The molecule has 0 amide bonds. The number of carbonyl (C=O) groups is 1. The minimum absolute atomic E-state index is 0.303. The number of carboxylic acid groups (broad SMARTS) is 1. The van der Waals surface area contributed by atoms with E-state index in [4.69, 9.17) is 9.84 Å². The van der Waals surface area contributed by atoms with Gasteiger partial charge in [0, 0.05) is 11.0 Å². The van der Waals surface area contributed by atoms with Crippen LogP contribution in [0.25, 0.3) is 6.08 Å². The number of halogens is 1. The topological polar surface area (TPSA) is 46.5 Å². The van der Waals surface area contributed by atoms with Crippen LogP contribution in [0.3, 0.4) is 0 Å². The highest BCUT2D eigenvalue weighted by molar-refractivity contribution is 7.09. The minimum atomic E-state index is -1.07. The first-order chi connectivity index (χ1) is 9.65. The van der Waals surface area contributed by atoms with Gasteiger partial charge in [0.25, 0.3) is 0 Å². The van der Waals surface area contributed by atoms with Gasteiger partial charge < -0.3 is 9.84 Å². The highest BCUT2D eigenvalue weighted by Gasteiger charge is 2.03. The summed E-state index contributed by atoms with van der Waals surface area (Å²) in [4.78, 5) is 11.6. The van der Waals surface area contributed by atoms with Crippen molar-refractivity contribution in [1.29, 1.82) is 0 Å². The minimum Gasteiger partial charge on any atom is -0.478 e. The largest absolute Gasteiger partial charge is 0.478 e. The van der Waals surface area contributed by atoms with Crippen LogP contribution < -0.4 is 0 Å². The van der Waals surface area contributed by atoms with Crippen molar-refractivity contribution in [3.8, 4) is 0 Å². The second-order valence-electron chi connectivity index (χ2n) is 4.09. The van der Waals surface area contributed by atoms with Crippen molar-refractivity contribution in [3.05, 3.63) is 63.6 Å². The van der Waals surface area contributed by atoms with Crippen molar-refractivity contribution >= 4 is 23.4 Å². The maximum atomic E-state index is 13.2. The van der Waals surface area contributed by atoms with Crippen LogP contribution in [0.4, 0.5) is 4.39 Å². The van der Waals surface area contributed by atoms with Crippen LogP contribution in [0, 0.1) is 5.82 Å². The first-order valence-corrected chi connectivity index (χ1v) is 6.82. The number of carboxylic acids is 1. The van der Waals surface area contributed by atoms with Crippen molar-refractivity contribution in [3.63, 3.8) is 0 Å². The summed E-state index contributed by atoms with van der Waals surface area (Å²) in [5.41, 5.74) is 1.26. The van der Waals surface area contributed by atoms with E-state index in [-0.39, 0.29) is 0 Å². The lowest BCUT2D eigenvalue weighted by Gasteiger charge is -2.07. The highest BCUT2D eigenvalue weighted by Crippen LogP contribution is 2.16. The molecule has 0 aliphatic carbocycles. The van der Waals surface area contributed by atoms with E-state index >= 15 is 0 Å². The van der Waals surface area contributed by atoms with Gasteiger partial charge >= 0.3 is 5.97 Å². The van der Waals surface area contributed by atoms with Crippen LogP contribution in [0.5, 0.6) is 0 Å². The fourth-order valence-corrected chi connectivity index (χ4v) is 2.31. The lowest BCUT2D eigenvalue weighted by Crippen LogP contribution is -1.96. The number of benzene rings is 1. The summed E-state index contributed by atoms with van der Waals surface area (Å²) >= 11 is 1.60. The quantitative estimate of drug-likeness (QED) is 0.826. The molecule has 104 valence electrons. The molecular weight excluding hydrogens is 279 g/mol. The number of ether oxygens (including phenoxy) is 1. The zero-order valence-electron chi connectivity index (χ0n) is 10.6. The van der Waals surface area contributed by atoms with Crippen LogP contribution in [-0.4, -0.2) is 11.1 Å². The number of aliphatic carboxylic acids is 1. The molecular formula is C15H13FO3S. The fourth-order valence-electron chi connectivity index (χ4n) is 1.67. The molecule has 1 aromatic carbocycles. The summed E-state index contributed by atoms with van der Waals surface area (Å²) in [6, 6.07) is 8.15. The zero-order valence-corrected chi connectivity index (χ0v) is 11.4. The Morgan fingerprint density at radius 1 is 1.35 bits per heavy atom. The summed E-state index contributed by atoms with van der Waals surface area (Å²) in [6.45, 7) is 0.786. The lowest BCUT2D eigenvalue weighted by molar-refractivity contribution is -0.131. The molecule has 1 N–H and O–H groups in total. The van der Waals surface area contributed by atoms with E-state index in [2.05, 4.69) is 0 Å². The van der Waals surface area contributed by atoms with Gasteiger partial charge in [0.2, 0.25) is 0 Å². The zero-order chi connectivity index (χ0) is 14.4. The molecule has 0 unspecified atom stereocenters. The Bertz CT molecular complexity index is 606. The first kappa shape index (κ1) is 14.4. The molecule has 0 fully saturated rings. The SMILES string of the molecule is O=C(O)C=Cc1cc(F)ccc1COCc1cccs1. The van der Waals surface area contributed by atoms with Gasteiger partial charge in [0.1, 0.15) is 5.82 Å². The monoisotopic (exact) mass is 292 g/mol. The van der Waals surface area contributed by atoms with Crippen LogP contribution in [0.15, 0.2) is 41.8 Å². The molecule has 0 saturated carbocycles. The molecule has 5 heteroatoms. The summed E-state index contributed by atoms with van der Waals surface area (Å²) in [5, 5.41) is 10.6. The molecule has 0 spiro atoms. The molecule has 0 aliphatic heterocycles. The third-order valence-corrected chi connectivity index (χ3v) is 3.45. The first-order valence-electron chi connectivity index (χ1n) is 5.95. The van der Waals surface area contributed by atoms with Gasteiger partial charge in [0.15, 0.2) is 0 Å². The predicted molar refractivity (Wildman–Crippen MR) is 75.9 cm³/mol. The molecule has 0 atom stereocenters. The van der Waals surface area contributed by atoms with E-state index in [9.17, 15) is 9.18 Å². The molecule has 1 aromatic heterocycles. The standard InChI is InChI=1S/C15H13FO3S/c16-13-5-3-12(11(8-13)4-6-15(17)18)9-19-10-14-2-1-7-20-14/h1-8H,9-10H2,(H,17,18). The van der Waals surface area contributed by atoms with E-state index in [0.717, 1.165) is 16.5 Å². The van der Waals surface area contributed by atoms with Gasteiger partial charge in [-0.25, -0.2) is 9.18 Å². The van der Waals surface area contributed by atoms with Gasteiger partial charge in [-0.05, 0) is 40.8 Å². The van der Waals surface area contributed by atoms with E-state index in [0.29, 0.717) is 18.8 Å². The molecule has 20 heavy (non-hydrogen) atoms. The Kier molecular flexibility index (Phi) is 5.03. The van der Waals surface area contributed by atoms with Crippen LogP contribution in [0.1, 0.15) is 16.0 Å². The maximum Gasteiger partial charge on any atom is 0.328 e. The van der Waals surface area contributed by atoms with E-state index in [1.807, 2.05) is 17.5 Å². The smallest absolute Gasteiger partial charge is 0.328 e. The van der Waals surface area contributed by atoms with Gasteiger partial charge in [-0.1, -0.05) is 12.1 Å². The number of hydrogen-bond acceptors (Lipinski definition) is 3. The van der Waals surface area contributed by atoms with E-state index in [1.54, 1.807) is 17.4 Å². The number of hydrogen-bond donors (Lipinski definition) is 1. The summed E-state index contributed by atoms with van der Waals surface area (Å²) in [5.74, 6) is -1.48. The summed E-state index contributed by atoms with van der Waals surface area (Å²) in [7, 11) is 0. The molecule has 0 radical (unpaired) electrons. The molecule has 1 heterocycles. The maximum absolute atomic E-state index is 13.2. The molecule has 2 rings (SSSR count). The normalized spacial score (nSPS) is 11.1. The number of thiophene rings is 1. The lowest BCUT2D eigenvalue weighted by atomic mass is 10.1. The second kappa shape index (κ2) is 6.98. The average Bonchev–Trinajstić information content (AvgIpc) is 2.91. The highest BCUT2D eigenvalue weighted by atomic mass is 32.1. The Morgan fingerprint density at radius 3 is 2.90 bits per heavy atom. The third-order valence-electron chi connectivity index (χ3n) is 2.60. The van der Waals surface area contributed by atoms with Crippen LogP contribution in [-0.2, 0) is 22.7 Å². The van der Waals surface area contributed by atoms with E-state index in [1.165, 1.54) is 18.2 Å². The van der Waals surface area contributed by atoms with Gasteiger partial charge in [-0.3, -0.25) is 0 Å². The van der Waals surface area contributed by atoms with Crippen molar-refractivity contribution < 1.29 is 19.0 Å². The van der Waals surface area contributed by atoms with Crippen molar-refractivity contribution in [1.82, 2.24) is 0 Å². The molecule has 2 aromatic rings. The van der Waals surface area contributed by atoms with Crippen molar-refractivity contribution in [2.45, 2.75) is 13.2 Å². The van der Waals surface area contributed by atoms with Gasteiger partial charge in [-0.2, -0.15) is 0 Å². The van der Waals surface area contributed by atoms with E-state index < -0.39 is 11.8 Å². The Balaban J connectivity index is 2.04.